The lowest BCUT2D eigenvalue weighted by Crippen LogP contribution is -3.00. The number of aliphatic hydroxyl groups excluding tert-OH is 1. The van der Waals surface area contributed by atoms with Crippen LogP contribution in [-0.2, 0) is 0 Å². The number of aromatic hydroxyl groups is 1. The van der Waals surface area contributed by atoms with Gasteiger partial charge in [0.25, 0.3) is 0 Å². The molecule has 0 amide bonds. The van der Waals surface area contributed by atoms with Gasteiger partial charge >= 0.3 is 0 Å². The monoisotopic (exact) mass is 327 g/mol. The highest BCUT2D eigenvalue weighted by molar-refractivity contribution is 5.27. The maximum absolute atomic E-state index is 10.5. The summed E-state index contributed by atoms with van der Waals surface area (Å²) < 4.78 is 0. The maximum Gasteiger partial charge on any atom is 0.130 e. The molecule has 4 N–H and O–H groups in total. The van der Waals surface area contributed by atoms with E-state index >= 15 is 0 Å². The minimum atomic E-state index is -0.494. The normalized spacial score (nSPS) is 26.8. The lowest BCUT2D eigenvalue weighted by molar-refractivity contribution is -0.730. The van der Waals surface area contributed by atoms with Crippen LogP contribution >= 0.6 is 0 Å². The van der Waals surface area contributed by atoms with Gasteiger partial charge in [0, 0.05) is 12.8 Å². The van der Waals surface area contributed by atoms with E-state index in [0.29, 0.717) is 11.5 Å². The number of phenolic OH excluding ortho intramolecular Hbond substituents is 1. The number of quaternary nitrogens is 1. The van der Waals surface area contributed by atoms with Crippen molar-refractivity contribution in [3.8, 4) is 5.75 Å². The molecule has 0 heterocycles. The van der Waals surface area contributed by atoms with E-state index in [1.54, 1.807) is 24.3 Å². The minimum Gasteiger partial charge on any atom is -1.00 e. The Hall–Kier alpha value is -0.770. The van der Waals surface area contributed by atoms with Crippen molar-refractivity contribution in [1.29, 1.82) is 0 Å². The third-order valence-corrected chi connectivity index (χ3v) is 4.73. The van der Waals surface area contributed by atoms with Crippen molar-refractivity contribution in [3.63, 3.8) is 0 Å². The van der Waals surface area contributed by atoms with E-state index < -0.39 is 6.10 Å². The van der Waals surface area contributed by atoms with Gasteiger partial charge in [-0.3, -0.25) is 0 Å². The second-order valence-corrected chi connectivity index (χ2v) is 7.76. The van der Waals surface area contributed by atoms with Gasteiger partial charge in [0.05, 0.1) is 6.04 Å². The molecule has 0 aromatic heterocycles. The molecule has 4 unspecified atom stereocenters. The van der Waals surface area contributed by atoms with Gasteiger partial charge in [0.15, 0.2) is 0 Å². The molecule has 0 aliphatic heterocycles. The summed E-state index contributed by atoms with van der Waals surface area (Å²) in [4.78, 5) is 0. The van der Waals surface area contributed by atoms with Crippen LogP contribution in [0, 0.1) is 11.3 Å². The molecule has 0 spiro atoms. The van der Waals surface area contributed by atoms with Gasteiger partial charge in [-0.1, -0.05) is 32.9 Å². The zero-order valence-electron chi connectivity index (χ0n) is 14.1. The highest BCUT2D eigenvalue weighted by Crippen LogP contribution is 2.37. The second kappa shape index (κ2) is 7.67. The topological polar surface area (TPSA) is 57.1 Å². The van der Waals surface area contributed by atoms with Crippen LogP contribution < -0.4 is 17.7 Å². The van der Waals surface area contributed by atoms with Crippen molar-refractivity contribution in [3.05, 3.63) is 29.8 Å². The number of phenols is 1. The number of benzene rings is 1. The fraction of sp³-hybridized carbons (Fsp3) is 0.667. The molecule has 0 saturated heterocycles. The number of rotatable bonds is 4. The Balaban J connectivity index is 0.00000242. The quantitative estimate of drug-likeness (QED) is 0.704. The average Bonchev–Trinajstić information content (AvgIpc) is 2.36. The summed E-state index contributed by atoms with van der Waals surface area (Å²) in [7, 11) is 0. The lowest BCUT2D eigenvalue weighted by atomic mass is 9.70. The fourth-order valence-electron chi connectivity index (χ4n) is 4.08. The van der Waals surface area contributed by atoms with Crippen molar-refractivity contribution >= 4 is 0 Å². The SMILES string of the molecule is CC1CC([NH2+]C(C)C(O)c2ccc(O)cc2)CC(C)(C)C1.[Cl-]. The molecule has 0 radical (unpaired) electrons. The van der Waals surface area contributed by atoms with Crippen LogP contribution in [0.4, 0.5) is 0 Å². The summed E-state index contributed by atoms with van der Waals surface area (Å²) in [6.07, 6.45) is 3.25. The highest BCUT2D eigenvalue weighted by Gasteiger charge is 2.35. The molecular formula is C18H30ClNO2. The first-order valence-electron chi connectivity index (χ1n) is 8.09. The second-order valence-electron chi connectivity index (χ2n) is 7.76. The smallest absolute Gasteiger partial charge is 0.130 e. The van der Waals surface area contributed by atoms with E-state index in [2.05, 4.69) is 33.0 Å². The Bertz CT molecular complexity index is 461. The van der Waals surface area contributed by atoms with E-state index in [4.69, 9.17) is 0 Å². The molecule has 4 heteroatoms. The Morgan fingerprint density at radius 1 is 1.18 bits per heavy atom. The number of hydrogen-bond acceptors (Lipinski definition) is 2. The summed E-state index contributed by atoms with van der Waals surface area (Å²) >= 11 is 0. The number of halogens is 1. The Morgan fingerprint density at radius 3 is 2.32 bits per heavy atom. The molecule has 1 aromatic carbocycles. The maximum atomic E-state index is 10.5. The van der Waals surface area contributed by atoms with Crippen LogP contribution in [0.25, 0.3) is 0 Å². The first-order chi connectivity index (χ1) is 9.77. The van der Waals surface area contributed by atoms with Crippen LogP contribution in [-0.4, -0.2) is 22.3 Å². The van der Waals surface area contributed by atoms with Crippen molar-refractivity contribution in [1.82, 2.24) is 0 Å². The molecule has 1 aromatic rings. The molecule has 0 bridgehead atoms. The van der Waals surface area contributed by atoms with Crippen molar-refractivity contribution in [2.24, 2.45) is 11.3 Å². The van der Waals surface area contributed by atoms with Crippen molar-refractivity contribution in [2.75, 3.05) is 0 Å². The first kappa shape index (κ1) is 19.3. The molecule has 1 fully saturated rings. The lowest BCUT2D eigenvalue weighted by Gasteiger charge is -2.38. The number of nitrogens with two attached hydrogens (primary N) is 1. The molecule has 4 atom stereocenters. The van der Waals surface area contributed by atoms with Crippen LogP contribution in [0.1, 0.15) is 58.6 Å². The third-order valence-electron chi connectivity index (χ3n) is 4.73. The fourth-order valence-corrected chi connectivity index (χ4v) is 4.08. The summed E-state index contributed by atoms with van der Waals surface area (Å²) in [5.74, 6) is 0.999. The van der Waals surface area contributed by atoms with Gasteiger partial charge in [-0.25, -0.2) is 0 Å². The molecule has 22 heavy (non-hydrogen) atoms. The van der Waals surface area contributed by atoms with Crippen molar-refractivity contribution in [2.45, 2.75) is 65.1 Å². The number of hydrogen-bond donors (Lipinski definition) is 3. The third kappa shape index (κ3) is 5.15. The van der Waals surface area contributed by atoms with E-state index in [-0.39, 0.29) is 24.2 Å². The van der Waals surface area contributed by atoms with Crippen LogP contribution in [0.3, 0.4) is 0 Å². The van der Waals surface area contributed by atoms with Gasteiger partial charge in [0.2, 0.25) is 0 Å². The zero-order chi connectivity index (χ0) is 15.6. The van der Waals surface area contributed by atoms with Gasteiger partial charge in [-0.05, 0) is 42.4 Å². The molecule has 2 rings (SSSR count). The van der Waals surface area contributed by atoms with Crippen LogP contribution in [0.5, 0.6) is 5.75 Å². The van der Waals surface area contributed by atoms with Gasteiger partial charge < -0.3 is 27.9 Å². The predicted molar refractivity (Wildman–Crippen MR) is 85.0 cm³/mol. The molecule has 1 aliphatic carbocycles. The molecule has 3 nitrogen and oxygen atoms in total. The first-order valence-corrected chi connectivity index (χ1v) is 8.09. The minimum absolute atomic E-state index is 0. The Labute approximate surface area is 140 Å². The largest absolute Gasteiger partial charge is 1.00 e. The van der Waals surface area contributed by atoms with E-state index in [1.807, 2.05) is 0 Å². The van der Waals surface area contributed by atoms with Crippen LogP contribution in [0.15, 0.2) is 24.3 Å². The van der Waals surface area contributed by atoms with E-state index in [0.717, 1.165) is 11.5 Å². The summed E-state index contributed by atoms with van der Waals surface area (Å²) in [5, 5.41) is 22.2. The van der Waals surface area contributed by atoms with E-state index in [1.165, 1.54) is 19.3 Å². The molecule has 126 valence electrons. The highest BCUT2D eigenvalue weighted by atomic mass is 35.5. The zero-order valence-corrected chi connectivity index (χ0v) is 14.8. The Morgan fingerprint density at radius 2 is 1.77 bits per heavy atom. The number of aliphatic hydroxyl groups is 1. The summed E-state index contributed by atoms with van der Waals surface area (Å²) in [6.45, 7) is 9.13. The standard InChI is InChI=1S/C18H29NO2.ClH/c1-12-9-15(11-18(3,4)10-12)19-13(2)17(21)14-5-7-16(20)8-6-14;/h5-8,12-13,15,17,19-21H,9-11H2,1-4H3;1H. The van der Waals surface area contributed by atoms with Crippen molar-refractivity contribution < 1.29 is 27.9 Å². The van der Waals surface area contributed by atoms with E-state index in [9.17, 15) is 10.2 Å². The average molecular weight is 328 g/mol. The van der Waals surface area contributed by atoms with Crippen LogP contribution in [0.2, 0.25) is 0 Å². The van der Waals surface area contributed by atoms with Gasteiger partial charge in [-0.15, -0.1) is 0 Å². The molecular weight excluding hydrogens is 298 g/mol. The van der Waals surface area contributed by atoms with Gasteiger partial charge in [-0.2, -0.15) is 0 Å². The predicted octanol–water partition coefficient (Wildman–Crippen LogP) is -0.404. The molecule has 1 saturated carbocycles. The van der Waals surface area contributed by atoms with Gasteiger partial charge in [0.1, 0.15) is 17.9 Å². The summed E-state index contributed by atoms with van der Waals surface area (Å²) in [6, 6.07) is 7.59. The summed E-state index contributed by atoms with van der Waals surface area (Å²) in [5.41, 5.74) is 1.28. The molecule has 1 aliphatic rings. The Kier molecular flexibility index (Phi) is 6.72.